The zero-order chi connectivity index (χ0) is 15.7. The molecule has 2 N–H and O–H groups in total. The average Bonchev–Trinajstić information content (AvgIpc) is 3.03. The molecule has 112 valence electrons. The van der Waals surface area contributed by atoms with Gasteiger partial charge in [0.05, 0.1) is 10.2 Å². The van der Waals surface area contributed by atoms with E-state index in [-0.39, 0.29) is 11.8 Å². The SMILES string of the molecule is CC(=O)Nc1ccc2nc(NC(=O)c3ccn(C)n3)sc2c1. The molecule has 0 bridgehead atoms. The lowest BCUT2D eigenvalue weighted by Crippen LogP contribution is -2.12. The van der Waals surface area contributed by atoms with Gasteiger partial charge in [0.15, 0.2) is 10.8 Å². The Balaban J connectivity index is 1.82. The number of thiazole rings is 1. The van der Waals surface area contributed by atoms with Crippen molar-refractivity contribution in [2.45, 2.75) is 6.92 Å². The van der Waals surface area contributed by atoms with Crippen LogP contribution in [-0.4, -0.2) is 26.6 Å². The number of aromatic nitrogens is 3. The van der Waals surface area contributed by atoms with Crippen LogP contribution in [0.5, 0.6) is 0 Å². The highest BCUT2D eigenvalue weighted by atomic mass is 32.1. The number of anilines is 2. The number of fused-ring (bicyclic) bond motifs is 1. The number of nitrogens with zero attached hydrogens (tertiary/aromatic N) is 3. The Bertz CT molecular complexity index is 867. The predicted octanol–water partition coefficient (Wildman–Crippen LogP) is 2.24. The Hall–Kier alpha value is -2.74. The van der Waals surface area contributed by atoms with Crippen molar-refractivity contribution in [1.82, 2.24) is 14.8 Å². The molecule has 0 saturated heterocycles. The molecule has 0 aliphatic rings. The van der Waals surface area contributed by atoms with Gasteiger partial charge in [0.25, 0.3) is 5.91 Å². The van der Waals surface area contributed by atoms with Crippen molar-refractivity contribution in [3.8, 4) is 0 Å². The van der Waals surface area contributed by atoms with Gasteiger partial charge < -0.3 is 5.32 Å². The highest BCUT2D eigenvalue weighted by molar-refractivity contribution is 7.22. The van der Waals surface area contributed by atoms with Crippen LogP contribution in [0.2, 0.25) is 0 Å². The number of carbonyl (C=O) groups is 2. The number of amides is 2. The van der Waals surface area contributed by atoms with Crippen molar-refractivity contribution in [3.05, 3.63) is 36.2 Å². The van der Waals surface area contributed by atoms with E-state index in [4.69, 9.17) is 0 Å². The Labute approximate surface area is 130 Å². The topological polar surface area (TPSA) is 88.9 Å². The summed E-state index contributed by atoms with van der Waals surface area (Å²) in [6.07, 6.45) is 1.70. The summed E-state index contributed by atoms with van der Waals surface area (Å²) in [6, 6.07) is 7.03. The van der Waals surface area contributed by atoms with E-state index in [2.05, 4.69) is 20.7 Å². The van der Waals surface area contributed by atoms with E-state index in [0.29, 0.717) is 16.5 Å². The molecule has 0 radical (unpaired) electrons. The molecule has 8 heteroatoms. The van der Waals surface area contributed by atoms with E-state index >= 15 is 0 Å². The second-order valence-electron chi connectivity index (χ2n) is 4.71. The minimum absolute atomic E-state index is 0.132. The summed E-state index contributed by atoms with van der Waals surface area (Å²) < 4.78 is 2.44. The number of hydrogen-bond donors (Lipinski definition) is 2. The summed E-state index contributed by atoms with van der Waals surface area (Å²) in [6.45, 7) is 1.45. The summed E-state index contributed by atoms with van der Waals surface area (Å²) in [5, 5.41) is 9.97. The molecule has 0 aliphatic heterocycles. The fourth-order valence-corrected chi connectivity index (χ4v) is 2.86. The van der Waals surface area contributed by atoms with Gasteiger partial charge in [-0.05, 0) is 24.3 Å². The molecule has 0 aliphatic carbocycles. The third-order valence-electron chi connectivity index (χ3n) is 2.88. The van der Waals surface area contributed by atoms with Crippen molar-refractivity contribution < 1.29 is 9.59 Å². The highest BCUT2D eigenvalue weighted by Gasteiger charge is 2.12. The first-order valence-electron chi connectivity index (χ1n) is 6.50. The molecular weight excluding hydrogens is 302 g/mol. The van der Waals surface area contributed by atoms with E-state index in [1.54, 1.807) is 36.1 Å². The maximum Gasteiger partial charge on any atom is 0.277 e. The quantitative estimate of drug-likeness (QED) is 0.776. The lowest BCUT2D eigenvalue weighted by molar-refractivity contribution is -0.114. The molecule has 0 spiro atoms. The number of nitrogens with one attached hydrogen (secondary N) is 2. The fraction of sp³-hybridized carbons (Fsp3) is 0.143. The molecule has 0 saturated carbocycles. The Kier molecular flexibility index (Phi) is 3.60. The van der Waals surface area contributed by atoms with Crippen molar-refractivity contribution in [2.24, 2.45) is 7.05 Å². The first-order chi connectivity index (χ1) is 10.5. The molecule has 2 heterocycles. The molecule has 1 aromatic carbocycles. The number of aryl methyl sites for hydroxylation is 1. The van der Waals surface area contributed by atoms with Gasteiger partial charge in [-0.2, -0.15) is 5.10 Å². The van der Waals surface area contributed by atoms with Crippen molar-refractivity contribution in [3.63, 3.8) is 0 Å². The van der Waals surface area contributed by atoms with Gasteiger partial charge in [0.2, 0.25) is 5.91 Å². The lowest BCUT2D eigenvalue weighted by atomic mass is 10.3. The predicted molar refractivity (Wildman–Crippen MR) is 85.1 cm³/mol. The first kappa shape index (κ1) is 14.2. The lowest BCUT2D eigenvalue weighted by Gasteiger charge is -1.99. The highest BCUT2D eigenvalue weighted by Crippen LogP contribution is 2.28. The van der Waals surface area contributed by atoms with Gasteiger partial charge in [-0.25, -0.2) is 4.98 Å². The molecule has 22 heavy (non-hydrogen) atoms. The van der Waals surface area contributed by atoms with E-state index < -0.39 is 0 Å². The number of rotatable bonds is 3. The largest absolute Gasteiger partial charge is 0.326 e. The van der Waals surface area contributed by atoms with Gasteiger partial charge in [-0.3, -0.25) is 19.6 Å². The third kappa shape index (κ3) is 2.96. The van der Waals surface area contributed by atoms with Crippen molar-refractivity contribution >= 4 is 44.2 Å². The normalized spacial score (nSPS) is 10.6. The average molecular weight is 315 g/mol. The Morgan fingerprint density at radius 2 is 2.05 bits per heavy atom. The molecule has 0 fully saturated rings. The summed E-state index contributed by atoms with van der Waals surface area (Å²) in [5.41, 5.74) is 1.79. The van der Waals surface area contributed by atoms with Crippen LogP contribution in [0.4, 0.5) is 10.8 Å². The molecule has 2 amide bonds. The van der Waals surface area contributed by atoms with Crippen molar-refractivity contribution in [2.75, 3.05) is 10.6 Å². The maximum absolute atomic E-state index is 12.0. The van der Waals surface area contributed by atoms with Crippen molar-refractivity contribution in [1.29, 1.82) is 0 Å². The fourth-order valence-electron chi connectivity index (χ4n) is 1.96. The second-order valence-corrected chi connectivity index (χ2v) is 5.74. The zero-order valence-electron chi connectivity index (χ0n) is 12.0. The summed E-state index contributed by atoms with van der Waals surface area (Å²) in [7, 11) is 1.75. The number of hydrogen-bond acceptors (Lipinski definition) is 5. The van der Waals surface area contributed by atoms with Gasteiger partial charge >= 0.3 is 0 Å². The van der Waals surface area contributed by atoms with Crippen LogP contribution < -0.4 is 10.6 Å². The van der Waals surface area contributed by atoms with E-state index in [1.165, 1.54) is 18.3 Å². The molecule has 2 aromatic heterocycles. The van der Waals surface area contributed by atoms with Gasteiger partial charge in [0, 0.05) is 25.9 Å². The van der Waals surface area contributed by atoms with Gasteiger partial charge in [-0.1, -0.05) is 11.3 Å². The number of benzene rings is 1. The molecule has 7 nitrogen and oxygen atoms in total. The monoisotopic (exact) mass is 315 g/mol. The summed E-state index contributed by atoms with van der Waals surface area (Å²) in [4.78, 5) is 27.5. The minimum atomic E-state index is -0.304. The number of carbonyl (C=O) groups excluding carboxylic acids is 2. The van der Waals surface area contributed by atoms with Crippen LogP contribution in [0.3, 0.4) is 0 Å². The molecule has 0 unspecified atom stereocenters. The molecule has 3 aromatic rings. The van der Waals surface area contributed by atoms with E-state index in [9.17, 15) is 9.59 Å². The van der Waals surface area contributed by atoms with Crippen LogP contribution >= 0.6 is 11.3 Å². The Morgan fingerprint density at radius 3 is 2.73 bits per heavy atom. The molecule has 0 atom stereocenters. The van der Waals surface area contributed by atoms with E-state index in [1.807, 2.05) is 6.07 Å². The standard InChI is InChI=1S/C14H13N5O2S/c1-8(20)15-9-3-4-10-12(7-9)22-14(16-10)17-13(21)11-5-6-19(2)18-11/h3-7H,1-2H3,(H,15,20)(H,16,17,21). The summed E-state index contributed by atoms with van der Waals surface area (Å²) >= 11 is 1.34. The van der Waals surface area contributed by atoms with Crippen LogP contribution in [0, 0.1) is 0 Å². The first-order valence-corrected chi connectivity index (χ1v) is 7.32. The van der Waals surface area contributed by atoms with Crippen LogP contribution in [-0.2, 0) is 11.8 Å². The molecular formula is C14H13N5O2S. The van der Waals surface area contributed by atoms with Crippen LogP contribution in [0.15, 0.2) is 30.5 Å². The van der Waals surface area contributed by atoms with E-state index in [0.717, 1.165) is 10.2 Å². The van der Waals surface area contributed by atoms with Crippen LogP contribution in [0.25, 0.3) is 10.2 Å². The minimum Gasteiger partial charge on any atom is -0.326 e. The molecule has 3 rings (SSSR count). The zero-order valence-corrected chi connectivity index (χ0v) is 12.8. The van der Waals surface area contributed by atoms with Crippen LogP contribution in [0.1, 0.15) is 17.4 Å². The third-order valence-corrected chi connectivity index (χ3v) is 3.81. The van der Waals surface area contributed by atoms with Gasteiger partial charge in [0.1, 0.15) is 0 Å². The second kappa shape index (κ2) is 5.57. The van der Waals surface area contributed by atoms with Gasteiger partial charge in [-0.15, -0.1) is 0 Å². The Morgan fingerprint density at radius 1 is 1.23 bits per heavy atom. The smallest absolute Gasteiger partial charge is 0.277 e. The summed E-state index contributed by atoms with van der Waals surface area (Å²) in [5.74, 6) is -0.436. The maximum atomic E-state index is 12.0.